The summed E-state index contributed by atoms with van der Waals surface area (Å²) < 4.78 is 21.5. The smallest absolute Gasteiger partial charge is 0.290 e. The zero-order valence-corrected chi connectivity index (χ0v) is 18.5. The van der Waals surface area contributed by atoms with Crippen LogP contribution >= 0.6 is 11.3 Å². The molecule has 4 rings (SSSR count). The number of amides is 1. The lowest BCUT2D eigenvalue weighted by Gasteiger charge is -2.27. The molecule has 0 spiro atoms. The van der Waals surface area contributed by atoms with Gasteiger partial charge in [0.25, 0.3) is 5.91 Å². The molecular weight excluding hydrogens is 434 g/mol. The van der Waals surface area contributed by atoms with Crippen LogP contribution in [-0.4, -0.2) is 43.0 Å². The van der Waals surface area contributed by atoms with Crippen LogP contribution in [0.2, 0.25) is 0 Å². The lowest BCUT2D eigenvalue weighted by Crippen LogP contribution is -2.30. The molecule has 1 unspecified atom stereocenters. The Labute approximate surface area is 188 Å². The van der Waals surface area contributed by atoms with Gasteiger partial charge in [-0.05, 0) is 41.3 Å². The predicted molar refractivity (Wildman–Crippen MR) is 116 cm³/mol. The number of hydrogen-bond donors (Lipinski definition) is 1. The van der Waals surface area contributed by atoms with Crippen molar-refractivity contribution in [1.29, 1.82) is 0 Å². The molecule has 8 nitrogen and oxygen atoms in total. The van der Waals surface area contributed by atoms with Crippen LogP contribution in [0, 0.1) is 0 Å². The maximum absolute atomic E-state index is 13.3. The van der Waals surface area contributed by atoms with Crippen molar-refractivity contribution in [3.05, 3.63) is 75.6 Å². The topological polar surface area (TPSA) is 98.4 Å². The van der Waals surface area contributed by atoms with Crippen LogP contribution in [0.1, 0.15) is 27.0 Å². The van der Waals surface area contributed by atoms with Crippen molar-refractivity contribution >= 4 is 23.0 Å². The number of hydrogen-bond acceptors (Lipinski definition) is 8. The number of furan rings is 1. The van der Waals surface area contributed by atoms with E-state index in [2.05, 4.69) is 0 Å². The minimum Gasteiger partial charge on any atom is -0.503 e. The highest BCUT2D eigenvalue weighted by atomic mass is 32.1. The maximum atomic E-state index is 13.3. The Kier molecular flexibility index (Phi) is 5.91. The van der Waals surface area contributed by atoms with Crippen LogP contribution in [0.25, 0.3) is 0 Å². The van der Waals surface area contributed by atoms with E-state index in [-0.39, 0.29) is 17.9 Å². The van der Waals surface area contributed by atoms with Gasteiger partial charge >= 0.3 is 0 Å². The molecule has 1 N–H and O–H groups in total. The molecule has 2 aromatic heterocycles. The van der Waals surface area contributed by atoms with E-state index in [9.17, 15) is 14.7 Å². The van der Waals surface area contributed by atoms with E-state index >= 15 is 0 Å². The number of rotatable bonds is 8. The fraction of sp³-hybridized carbons (Fsp3) is 0.217. The first-order valence-electron chi connectivity index (χ1n) is 9.64. The van der Waals surface area contributed by atoms with Crippen molar-refractivity contribution in [2.24, 2.45) is 0 Å². The maximum Gasteiger partial charge on any atom is 0.290 e. The first kappa shape index (κ1) is 21.5. The molecule has 1 aliphatic heterocycles. The van der Waals surface area contributed by atoms with E-state index < -0.39 is 23.5 Å². The summed E-state index contributed by atoms with van der Waals surface area (Å²) in [5.41, 5.74) is 0.444. The molecule has 0 aliphatic carbocycles. The van der Waals surface area contributed by atoms with Crippen molar-refractivity contribution < 1.29 is 33.3 Å². The van der Waals surface area contributed by atoms with E-state index in [1.807, 2.05) is 17.5 Å². The largest absolute Gasteiger partial charge is 0.503 e. The summed E-state index contributed by atoms with van der Waals surface area (Å²) in [6, 6.07) is 9.24. The Morgan fingerprint density at radius 2 is 1.84 bits per heavy atom. The fourth-order valence-corrected chi connectivity index (χ4v) is 4.47. The van der Waals surface area contributed by atoms with Gasteiger partial charge in [0.2, 0.25) is 11.5 Å². The van der Waals surface area contributed by atoms with Gasteiger partial charge in [-0.3, -0.25) is 9.59 Å². The third kappa shape index (κ3) is 3.60. The van der Waals surface area contributed by atoms with Gasteiger partial charge in [0.15, 0.2) is 23.0 Å². The molecule has 1 amide bonds. The molecule has 0 saturated heterocycles. The number of methoxy groups -OCH3 is 3. The summed E-state index contributed by atoms with van der Waals surface area (Å²) in [4.78, 5) is 28.7. The Bertz CT molecular complexity index is 1140. The lowest BCUT2D eigenvalue weighted by molar-refractivity contribution is -0.130. The van der Waals surface area contributed by atoms with Crippen LogP contribution in [0.3, 0.4) is 0 Å². The van der Waals surface area contributed by atoms with Crippen LogP contribution in [0.5, 0.6) is 17.2 Å². The summed E-state index contributed by atoms with van der Waals surface area (Å²) in [7, 11) is 4.44. The van der Waals surface area contributed by atoms with Gasteiger partial charge in [-0.25, -0.2) is 0 Å². The average molecular weight is 455 g/mol. The van der Waals surface area contributed by atoms with Gasteiger partial charge in [0, 0.05) is 4.88 Å². The number of aliphatic hydroxyl groups is 1. The quantitative estimate of drug-likeness (QED) is 0.510. The molecule has 1 atom stereocenters. The van der Waals surface area contributed by atoms with Gasteiger partial charge in [-0.2, -0.15) is 0 Å². The molecule has 32 heavy (non-hydrogen) atoms. The summed E-state index contributed by atoms with van der Waals surface area (Å²) in [6.45, 7) is 0.205. The molecule has 0 radical (unpaired) electrons. The predicted octanol–water partition coefficient (Wildman–Crippen LogP) is 4.15. The monoisotopic (exact) mass is 455 g/mol. The van der Waals surface area contributed by atoms with E-state index in [4.69, 9.17) is 18.6 Å². The van der Waals surface area contributed by atoms with Gasteiger partial charge < -0.3 is 28.6 Å². The molecular formula is C23H21NO7S. The number of ether oxygens (including phenoxy) is 3. The molecule has 1 aromatic carbocycles. The highest BCUT2D eigenvalue weighted by Gasteiger charge is 2.45. The van der Waals surface area contributed by atoms with Crippen molar-refractivity contribution in [1.82, 2.24) is 4.90 Å². The number of Topliss-reactive ketones (excluding diaryl/α,β-unsaturated/α-hetero) is 1. The van der Waals surface area contributed by atoms with E-state index in [0.29, 0.717) is 22.8 Å². The molecule has 0 fully saturated rings. The molecule has 9 heteroatoms. The standard InChI is InChI=1S/C23H21NO7S/c1-28-16-10-13(11-17(29-2)22(16)30-3)19-18(20(25)15-7-4-8-31-15)21(26)23(27)24(19)12-14-6-5-9-32-14/h4-11,19,26H,12H2,1-3H3. The van der Waals surface area contributed by atoms with Gasteiger partial charge in [0.1, 0.15) is 0 Å². The third-order valence-electron chi connectivity index (χ3n) is 5.20. The minimum absolute atomic E-state index is 0.0229. The van der Waals surface area contributed by atoms with E-state index in [0.717, 1.165) is 4.88 Å². The molecule has 3 heterocycles. The van der Waals surface area contributed by atoms with Crippen LogP contribution < -0.4 is 14.2 Å². The van der Waals surface area contributed by atoms with Crippen LogP contribution in [0.15, 0.2) is 63.8 Å². The number of carbonyl (C=O) groups excluding carboxylic acids is 2. The van der Waals surface area contributed by atoms with Crippen molar-refractivity contribution in [3.8, 4) is 17.2 Å². The fourth-order valence-electron chi connectivity index (χ4n) is 3.77. The second-order valence-corrected chi connectivity index (χ2v) is 7.97. The second kappa shape index (κ2) is 8.80. The highest BCUT2D eigenvalue weighted by molar-refractivity contribution is 7.09. The van der Waals surface area contributed by atoms with E-state index in [1.165, 1.54) is 49.9 Å². The molecule has 1 aliphatic rings. The van der Waals surface area contributed by atoms with Crippen LogP contribution in [-0.2, 0) is 11.3 Å². The minimum atomic E-state index is -0.893. The Morgan fingerprint density at radius 3 is 2.38 bits per heavy atom. The Hall–Kier alpha value is -3.72. The van der Waals surface area contributed by atoms with Crippen LogP contribution in [0.4, 0.5) is 0 Å². The third-order valence-corrected chi connectivity index (χ3v) is 6.06. The first-order chi connectivity index (χ1) is 15.5. The first-order valence-corrected chi connectivity index (χ1v) is 10.5. The number of nitrogens with zero attached hydrogens (tertiary/aromatic N) is 1. The normalized spacial score (nSPS) is 15.9. The van der Waals surface area contributed by atoms with Gasteiger partial charge in [-0.1, -0.05) is 6.07 Å². The zero-order chi connectivity index (χ0) is 22.8. The van der Waals surface area contributed by atoms with Crippen molar-refractivity contribution in [2.45, 2.75) is 12.6 Å². The summed E-state index contributed by atoms with van der Waals surface area (Å²) in [5.74, 6) is -0.708. The molecule has 0 saturated carbocycles. The van der Waals surface area contributed by atoms with Crippen molar-refractivity contribution in [2.75, 3.05) is 21.3 Å². The molecule has 0 bridgehead atoms. The number of carbonyl (C=O) groups is 2. The number of thiophene rings is 1. The Morgan fingerprint density at radius 1 is 1.12 bits per heavy atom. The number of aliphatic hydroxyl groups excluding tert-OH is 1. The van der Waals surface area contributed by atoms with Gasteiger partial charge in [-0.15, -0.1) is 11.3 Å². The second-order valence-electron chi connectivity index (χ2n) is 6.94. The number of benzene rings is 1. The van der Waals surface area contributed by atoms with E-state index in [1.54, 1.807) is 18.2 Å². The SMILES string of the molecule is COc1cc(C2C(C(=O)c3ccco3)=C(O)C(=O)N2Cc2cccs2)cc(OC)c1OC. The summed E-state index contributed by atoms with van der Waals surface area (Å²) in [5, 5.41) is 12.6. The zero-order valence-electron chi connectivity index (χ0n) is 17.7. The molecule has 3 aromatic rings. The molecule has 166 valence electrons. The average Bonchev–Trinajstić information content (AvgIpc) is 3.57. The number of ketones is 1. The Balaban J connectivity index is 1.88. The van der Waals surface area contributed by atoms with Crippen molar-refractivity contribution in [3.63, 3.8) is 0 Å². The summed E-state index contributed by atoms with van der Waals surface area (Å²) >= 11 is 1.47. The summed E-state index contributed by atoms with van der Waals surface area (Å²) in [6.07, 6.45) is 1.36. The van der Waals surface area contributed by atoms with Gasteiger partial charge in [0.05, 0.1) is 45.8 Å². The highest BCUT2D eigenvalue weighted by Crippen LogP contribution is 2.46. The lowest BCUT2D eigenvalue weighted by atomic mass is 9.94.